The van der Waals surface area contributed by atoms with Crippen LogP contribution in [-0.2, 0) is 33.4 Å². The molecule has 2 atom stereocenters. The van der Waals surface area contributed by atoms with Gasteiger partial charge in [0.15, 0.2) is 0 Å². The van der Waals surface area contributed by atoms with Crippen LogP contribution in [0.3, 0.4) is 0 Å². The number of esters is 2. The summed E-state index contributed by atoms with van der Waals surface area (Å²) in [6.45, 7) is 5.94. The number of hydrogen-bond acceptors (Lipinski definition) is 14. The average Bonchev–Trinajstić information content (AvgIpc) is 3.81. The predicted molar refractivity (Wildman–Crippen MR) is 232 cm³/mol. The van der Waals surface area contributed by atoms with Crippen molar-refractivity contribution in [1.82, 2.24) is 25.8 Å². The maximum atomic E-state index is 12.6. The van der Waals surface area contributed by atoms with E-state index in [0.717, 1.165) is 33.5 Å². The molecule has 21 heteroatoms. The summed E-state index contributed by atoms with van der Waals surface area (Å²) < 4.78 is 14.2. The molecular formula is C42H58ClN10O10-. The molecule has 20 nitrogen and oxygen atoms in total. The van der Waals surface area contributed by atoms with Gasteiger partial charge in [-0.1, -0.05) is 72.4 Å². The number of hydrogen-bond donors (Lipinski definition) is 7. The van der Waals surface area contributed by atoms with E-state index in [2.05, 4.69) is 52.5 Å². The normalized spacial score (nSPS) is 12.3. The summed E-state index contributed by atoms with van der Waals surface area (Å²) in [5, 5.41) is 29.7. The molecule has 1 aromatic heterocycles. The quantitative estimate of drug-likeness (QED) is 0.0194. The average molecular weight is 898 g/mol. The number of aliphatic carboxylic acids is 1. The van der Waals surface area contributed by atoms with E-state index in [9.17, 15) is 24.0 Å². The van der Waals surface area contributed by atoms with Crippen LogP contribution in [-0.4, -0.2) is 120 Å². The SMILES string of the molecule is CC(N)=NCCC[C@H](C)C(=O)O.COC(=O)CN.COC(=O)CNC(=O)[C@H](CCCN=C(C)N)NC(=O)OCC1c2ccccc2-c2ccccc21.On1nnc2ccccc21.[Cl-]. The lowest BCUT2D eigenvalue weighted by atomic mass is 9.98. The Bertz CT molecular complexity index is 2070. The maximum Gasteiger partial charge on any atom is 0.407 e. The number of nitrogens with zero attached hydrogens (tertiary/aromatic N) is 5. The summed E-state index contributed by atoms with van der Waals surface area (Å²) in [7, 11) is 2.53. The Kier molecular flexibility index (Phi) is 25.3. The van der Waals surface area contributed by atoms with Crippen LogP contribution in [0.25, 0.3) is 22.2 Å². The van der Waals surface area contributed by atoms with Gasteiger partial charge in [-0.3, -0.25) is 29.2 Å². The summed E-state index contributed by atoms with van der Waals surface area (Å²) in [4.78, 5) is 65.6. The topological polar surface area (TPSA) is 311 Å². The molecule has 4 aromatic rings. The number of aromatic nitrogens is 3. The minimum Gasteiger partial charge on any atom is -1.00 e. The van der Waals surface area contributed by atoms with Crippen molar-refractivity contribution in [3.05, 3.63) is 83.9 Å². The van der Waals surface area contributed by atoms with Crippen molar-refractivity contribution in [3.8, 4) is 11.1 Å². The number of alkyl carbamates (subject to hydrolysis) is 1. The number of nitrogens with two attached hydrogens (primary N) is 3. The van der Waals surface area contributed by atoms with E-state index in [-0.39, 0.29) is 49.9 Å². The lowest BCUT2D eigenvalue weighted by molar-refractivity contribution is -0.142. The highest BCUT2D eigenvalue weighted by Gasteiger charge is 2.30. The summed E-state index contributed by atoms with van der Waals surface area (Å²) >= 11 is 0. The number of amidine groups is 2. The lowest BCUT2D eigenvalue weighted by Gasteiger charge is -2.19. The fourth-order valence-electron chi connectivity index (χ4n) is 5.67. The second-order valence-corrected chi connectivity index (χ2v) is 13.6. The predicted octanol–water partition coefficient (Wildman–Crippen LogP) is -0.00470. The molecule has 1 aliphatic carbocycles. The van der Waals surface area contributed by atoms with Gasteiger partial charge >= 0.3 is 24.0 Å². The smallest absolute Gasteiger partial charge is 0.407 e. The molecule has 5 rings (SSSR count). The molecule has 63 heavy (non-hydrogen) atoms. The first kappa shape index (κ1) is 54.2. The second-order valence-electron chi connectivity index (χ2n) is 13.6. The molecule has 0 radical (unpaired) electrons. The van der Waals surface area contributed by atoms with E-state index < -0.39 is 30.0 Å². The van der Waals surface area contributed by atoms with Crippen molar-refractivity contribution >= 4 is 52.6 Å². The molecule has 0 fully saturated rings. The Morgan fingerprint density at radius 2 is 1.35 bits per heavy atom. The summed E-state index contributed by atoms with van der Waals surface area (Å²) in [6.07, 6.45) is 1.54. The van der Waals surface area contributed by atoms with Crippen molar-refractivity contribution in [2.75, 3.05) is 47.0 Å². The first-order valence-corrected chi connectivity index (χ1v) is 19.6. The minimum atomic E-state index is -0.895. The van der Waals surface area contributed by atoms with Gasteiger partial charge in [0.05, 0.1) is 38.4 Å². The number of aliphatic imine (C=N–C) groups is 2. The zero-order valence-corrected chi connectivity index (χ0v) is 36.8. The van der Waals surface area contributed by atoms with Crippen molar-refractivity contribution in [3.63, 3.8) is 0 Å². The number of carbonyl (C=O) groups excluding carboxylic acids is 4. The van der Waals surface area contributed by atoms with Crippen LogP contribution in [0, 0.1) is 5.92 Å². The number of amides is 2. The summed E-state index contributed by atoms with van der Waals surface area (Å²) in [5.41, 5.74) is 21.4. The van der Waals surface area contributed by atoms with Crippen molar-refractivity contribution in [2.45, 2.75) is 58.4 Å². The van der Waals surface area contributed by atoms with E-state index in [0.29, 0.717) is 55.1 Å². The van der Waals surface area contributed by atoms with Gasteiger partial charge in [0.2, 0.25) is 5.91 Å². The number of fused-ring (bicyclic) bond motifs is 4. The van der Waals surface area contributed by atoms with Crippen molar-refractivity contribution in [2.24, 2.45) is 33.1 Å². The molecule has 0 aliphatic heterocycles. The van der Waals surface area contributed by atoms with Crippen LogP contribution in [0.15, 0.2) is 82.8 Å². The Morgan fingerprint density at radius 1 is 0.825 bits per heavy atom. The highest BCUT2D eigenvalue weighted by molar-refractivity contribution is 5.88. The van der Waals surface area contributed by atoms with Gasteiger partial charge in [0.25, 0.3) is 0 Å². The zero-order valence-electron chi connectivity index (χ0n) is 36.0. The third-order valence-electron chi connectivity index (χ3n) is 8.91. The maximum absolute atomic E-state index is 12.6. The van der Waals surface area contributed by atoms with Crippen molar-refractivity contribution < 1.29 is 60.9 Å². The Labute approximate surface area is 372 Å². The van der Waals surface area contributed by atoms with E-state index in [1.807, 2.05) is 48.5 Å². The van der Waals surface area contributed by atoms with Gasteiger partial charge in [-0.15, -0.1) is 5.10 Å². The van der Waals surface area contributed by atoms with E-state index >= 15 is 0 Å². The Hall–Kier alpha value is -6.80. The van der Waals surface area contributed by atoms with Crippen molar-refractivity contribution in [1.29, 1.82) is 0 Å². The van der Waals surface area contributed by atoms with Gasteiger partial charge in [-0.05, 0) is 79.1 Å². The van der Waals surface area contributed by atoms with Gasteiger partial charge < -0.3 is 64.8 Å². The minimum absolute atomic E-state index is 0. The molecule has 1 heterocycles. The summed E-state index contributed by atoms with van der Waals surface area (Å²) in [5.74, 6) is -1.60. The van der Waals surface area contributed by atoms with E-state index in [1.54, 1.807) is 32.9 Å². The standard InChI is InChI=1S/C25H30N4O5.C8H16N2O2.C6H5N3O.C3H7NO2.ClH/c1-16(26)27-13-7-12-22(24(31)28-14-23(30)33-2)29-25(32)34-15-21-19-10-5-3-8-17(19)18-9-4-6-11-20(18)21;1-6(8(11)12)4-3-5-10-7(2)9;10-9-6-4-2-1-3-5(6)7-8-9;1-6-3(5)2-4;/h3-6,8-11,21-22H,7,12-15H2,1-2H3,(H2,26,27)(H,28,31)(H,29,32);6H,3-5H2,1-2H3,(H2,9,10)(H,11,12);1-4,10H;2,4H2,1H3;1H/p-1/t22-;6-;;;/m00.../s1. The number of benzene rings is 3. The molecule has 0 spiro atoms. The molecule has 1 aliphatic rings. The fraction of sp³-hybridized carbons (Fsp3) is 0.405. The number of ether oxygens (including phenoxy) is 3. The molecule has 2 amide bonds. The number of halogens is 1. The molecule has 0 unspecified atom stereocenters. The first-order chi connectivity index (χ1) is 29.6. The largest absolute Gasteiger partial charge is 1.00 e. The number of nitrogens with one attached hydrogen (secondary N) is 2. The molecule has 0 saturated heterocycles. The number of para-hydroxylation sites is 1. The van der Waals surface area contributed by atoms with Crippen LogP contribution in [0.1, 0.15) is 63.5 Å². The van der Waals surface area contributed by atoms with Crippen LogP contribution < -0.4 is 40.2 Å². The highest BCUT2D eigenvalue weighted by Crippen LogP contribution is 2.44. The molecule has 0 bridgehead atoms. The molecule has 344 valence electrons. The third-order valence-corrected chi connectivity index (χ3v) is 8.91. The number of carboxylic acids is 1. The highest BCUT2D eigenvalue weighted by atomic mass is 35.5. The summed E-state index contributed by atoms with van der Waals surface area (Å²) in [6, 6.07) is 22.4. The van der Waals surface area contributed by atoms with E-state index in [4.69, 9.17) is 32.3 Å². The number of methoxy groups -OCH3 is 2. The number of rotatable bonds is 16. The van der Waals surface area contributed by atoms with Gasteiger partial charge in [0, 0.05) is 19.0 Å². The molecule has 10 N–H and O–H groups in total. The first-order valence-electron chi connectivity index (χ1n) is 19.6. The number of carboxylic acid groups (broad SMARTS) is 1. The van der Waals surface area contributed by atoms with Gasteiger partial charge in [-0.25, -0.2) is 4.79 Å². The monoisotopic (exact) mass is 897 g/mol. The zero-order chi connectivity index (χ0) is 46.0. The molecule has 3 aromatic carbocycles. The Balaban J connectivity index is 0.000000552. The van der Waals surface area contributed by atoms with Crippen LogP contribution in [0.4, 0.5) is 4.79 Å². The Morgan fingerprint density at radius 3 is 1.84 bits per heavy atom. The van der Waals surface area contributed by atoms with Gasteiger partial charge in [-0.2, -0.15) is 0 Å². The van der Waals surface area contributed by atoms with Crippen LogP contribution in [0.2, 0.25) is 0 Å². The molecule has 0 saturated carbocycles. The lowest BCUT2D eigenvalue weighted by Crippen LogP contribution is -3.00. The third kappa shape index (κ3) is 19.6. The number of carbonyl (C=O) groups is 5. The van der Waals surface area contributed by atoms with Crippen LogP contribution in [0.5, 0.6) is 0 Å². The fourth-order valence-corrected chi connectivity index (χ4v) is 5.67. The van der Waals surface area contributed by atoms with Crippen LogP contribution >= 0.6 is 0 Å². The van der Waals surface area contributed by atoms with Gasteiger partial charge in [0.1, 0.15) is 30.2 Å². The van der Waals surface area contributed by atoms with E-state index in [1.165, 1.54) is 14.2 Å². The molecular weight excluding hydrogens is 840 g/mol. The second kappa shape index (κ2) is 29.5.